The predicted octanol–water partition coefficient (Wildman–Crippen LogP) is 2.57. The first kappa shape index (κ1) is 21.4. The number of guanidine groups is 1. The quantitative estimate of drug-likeness (QED) is 0.785. The highest BCUT2D eigenvalue weighted by atomic mass is 16.5. The van der Waals surface area contributed by atoms with Crippen molar-refractivity contribution in [2.75, 3.05) is 26.9 Å². The van der Waals surface area contributed by atoms with Gasteiger partial charge in [-0.05, 0) is 54.4 Å². The number of fused-ring (bicyclic) bond motifs is 3. The van der Waals surface area contributed by atoms with Crippen molar-refractivity contribution in [2.45, 2.75) is 51.7 Å². The molecule has 1 aromatic carbocycles. The van der Waals surface area contributed by atoms with Gasteiger partial charge in [-0.2, -0.15) is 5.26 Å². The van der Waals surface area contributed by atoms with E-state index in [2.05, 4.69) is 26.8 Å². The van der Waals surface area contributed by atoms with Gasteiger partial charge in [-0.1, -0.05) is 26.8 Å². The fourth-order valence-electron chi connectivity index (χ4n) is 7.11. The molecule has 1 amide bonds. The average Bonchev–Trinajstić information content (AvgIpc) is 3.12. The third-order valence-electron chi connectivity index (χ3n) is 8.30. The number of amides is 1. The average molecular weight is 437 g/mol. The summed E-state index contributed by atoms with van der Waals surface area (Å²) >= 11 is 0. The van der Waals surface area contributed by atoms with Gasteiger partial charge in [0.1, 0.15) is 0 Å². The Morgan fingerprint density at radius 3 is 2.56 bits per heavy atom. The molecule has 5 atom stereocenters. The van der Waals surface area contributed by atoms with Crippen molar-refractivity contribution >= 4 is 11.9 Å². The monoisotopic (exact) mass is 436 g/mol. The number of carbonyl (C=O) groups excluding carboxylic acids is 1. The van der Waals surface area contributed by atoms with E-state index in [1.165, 1.54) is 0 Å². The molecule has 7 heteroatoms. The summed E-state index contributed by atoms with van der Waals surface area (Å²) in [5, 5.41) is 9.58. The number of aliphatic imine (C=N–C) groups is 1. The lowest BCUT2D eigenvalue weighted by Gasteiger charge is -2.50. The van der Waals surface area contributed by atoms with Crippen LogP contribution >= 0.6 is 0 Å². The minimum absolute atomic E-state index is 0.0489. The Balaban J connectivity index is 1.65. The van der Waals surface area contributed by atoms with Gasteiger partial charge in [-0.25, -0.2) is 4.99 Å². The molecular weight excluding hydrogens is 404 g/mol. The second-order valence-corrected chi connectivity index (χ2v) is 10.9. The molecule has 5 rings (SSSR count). The first-order valence-electron chi connectivity index (χ1n) is 11.5. The van der Waals surface area contributed by atoms with Gasteiger partial charge in [0.25, 0.3) is 5.91 Å². The summed E-state index contributed by atoms with van der Waals surface area (Å²) in [4.78, 5) is 21.0. The van der Waals surface area contributed by atoms with Crippen LogP contribution in [0.3, 0.4) is 0 Å². The van der Waals surface area contributed by atoms with Crippen LogP contribution in [0, 0.1) is 34.0 Å². The van der Waals surface area contributed by atoms with Crippen LogP contribution < -0.4 is 5.73 Å². The van der Waals surface area contributed by atoms with Crippen molar-refractivity contribution in [1.82, 2.24) is 4.90 Å². The van der Waals surface area contributed by atoms with E-state index in [4.69, 9.17) is 20.2 Å². The first-order chi connectivity index (χ1) is 15.2. The highest BCUT2D eigenvalue weighted by Gasteiger charge is 2.68. The normalized spacial score (nSPS) is 37.3. The Bertz CT molecular complexity index is 1030. The highest BCUT2D eigenvalue weighted by Crippen LogP contribution is 2.63. The van der Waals surface area contributed by atoms with Gasteiger partial charge in [0.05, 0.1) is 31.0 Å². The molecule has 4 aliphatic rings. The van der Waals surface area contributed by atoms with E-state index in [9.17, 15) is 10.1 Å². The number of ether oxygens (including phenoxy) is 2. The lowest BCUT2D eigenvalue weighted by Crippen LogP contribution is -2.57. The first-order valence-corrected chi connectivity index (χ1v) is 11.5. The number of rotatable bonds is 3. The molecule has 2 spiro atoms. The van der Waals surface area contributed by atoms with Gasteiger partial charge in [0.2, 0.25) is 0 Å². The van der Waals surface area contributed by atoms with Crippen LogP contribution in [0.2, 0.25) is 0 Å². The third kappa shape index (κ3) is 2.72. The van der Waals surface area contributed by atoms with Crippen LogP contribution in [0.15, 0.2) is 23.2 Å². The van der Waals surface area contributed by atoms with Crippen molar-refractivity contribution in [3.63, 3.8) is 0 Å². The molecule has 2 unspecified atom stereocenters. The molecule has 2 N–H and O–H groups in total. The van der Waals surface area contributed by atoms with Crippen LogP contribution in [0.4, 0.5) is 0 Å². The summed E-state index contributed by atoms with van der Waals surface area (Å²) in [7, 11) is 1.77. The van der Waals surface area contributed by atoms with E-state index >= 15 is 0 Å². The number of benzene rings is 1. The Hall–Kier alpha value is -2.43. The van der Waals surface area contributed by atoms with Gasteiger partial charge < -0.3 is 15.2 Å². The number of nitrogens with two attached hydrogens (primary N) is 1. The van der Waals surface area contributed by atoms with Crippen molar-refractivity contribution in [1.29, 1.82) is 5.26 Å². The fraction of sp³-hybridized carbons (Fsp3) is 0.640. The maximum Gasteiger partial charge on any atom is 0.262 e. The van der Waals surface area contributed by atoms with Crippen LogP contribution in [0.1, 0.15) is 50.3 Å². The molecule has 1 saturated heterocycles. The summed E-state index contributed by atoms with van der Waals surface area (Å²) in [6.07, 6.45) is 2.55. The molecule has 2 heterocycles. The zero-order valence-electron chi connectivity index (χ0n) is 19.4. The Kier molecular flexibility index (Phi) is 4.71. The minimum atomic E-state index is -1.08. The number of carbonyl (C=O) groups is 1. The van der Waals surface area contributed by atoms with Crippen molar-refractivity contribution in [3.8, 4) is 6.07 Å². The van der Waals surface area contributed by atoms with Gasteiger partial charge in [0.15, 0.2) is 11.5 Å². The number of hydrogen-bond acceptors (Lipinski definition) is 6. The minimum Gasteiger partial charge on any atom is -0.381 e. The van der Waals surface area contributed by atoms with Gasteiger partial charge in [-0.3, -0.25) is 9.69 Å². The molecule has 0 bridgehead atoms. The van der Waals surface area contributed by atoms with E-state index in [-0.39, 0.29) is 40.6 Å². The van der Waals surface area contributed by atoms with Crippen LogP contribution in [-0.2, 0) is 26.2 Å². The predicted molar refractivity (Wildman–Crippen MR) is 120 cm³/mol. The molecule has 0 radical (unpaired) electrons. The summed E-state index contributed by atoms with van der Waals surface area (Å²) in [5.41, 5.74) is 7.40. The maximum absolute atomic E-state index is 14.3. The van der Waals surface area contributed by atoms with Gasteiger partial charge in [-0.15, -0.1) is 0 Å². The molecule has 2 aliphatic heterocycles. The fourth-order valence-corrected chi connectivity index (χ4v) is 7.11. The Labute approximate surface area is 189 Å². The molecule has 2 aliphatic carbocycles. The SMILES string of the molecule is COC1[C@H](C)CC2(Cc3ccc(C#N)cc3[C@]23N=C(N)N(CC2(C)COC2)C3=O)C[C@@H]1C. The topological polar surface area (TPSA) is 101 Å². The van der Waals surface area contributed by atoms with Crippen molar-refractivity contribution in [2.24, 2.45) is 33.4 Å². The summed E-state index contributed by atoms with van der Waals surface area (Å²) in [5.74, 6) is 0.793. The lowest BCUT2D eigenvalue weighted by atomic mass is 9.56. The lowest BCUT2D eigenvalue weighted by molar-refractivity contribution is -0.149. The van der Waals surface area contributed by atoms with Gasteiger partial charge in [0, 0.05) is 24.5 Å². The van der Waals surface area contributed by atoms with Crippen LogP contribution in [-0.4, -0.2) is 49.7 Å². The highest BCUT2D eigenvalue weighted by molar-refractivity contribution is 6.08. The maximum atomic E-state index is 14.3. The second kappa shape index (κ2) is 7.03. The number of hydrogen-bond donors (Lipinski definition) is 1. The number of methoxy groups -OCH3 is 1. The third-order valence-corrected chi connectivity index (χ3v) is 8.30. The Morgan fingerprint density at radius 1 is 1.31 bits per heavy atom. The van der Waals surface area contributed by atoms with E-state index in [1.807, 2.05) is 18.2 Å². The summed E-state index contributed by atoms with van der Waals surface area (Å²) < 4.78 is 11.2. The molecule has 1 saturated carbocycles. The smallest absolute Gasteiger partial charge is 0.262 e. The zero-order valence-corrected chi connectivity index (χ0v) is 19.4. The number of nitriles is 1. The molecule has 1 aromatic rings. The summed E-state index contributed by atoms with van der Waals surface area (Å²) in [6, 6.07) is 7.96. The van der Waals surface area contributed by atoms with E-state index in [1.54, 1.807) is 12.0 Å². The molecule has 2 fully saturated rings. The second-order valence-electron chi connectivity index (χ2n) is 10.9. The van der Waals surface area contributed by atoms with Gasteiger partial charge >= 0.3 is 0 Å². The molecule has 170 valence electrons. The van der Waals surface area contributed by atoms with E-state index in [0.29, 0.717) is 25.3 Å². The van der Waals surface area contributed by atoms with Crippen molar-refractivity contribution < 1.29 is 14.3 Å². The largest absolute Gasteiger partial charge is 0.381 e. The molecule has 0 aromatic heterocycles. The molecule has 32 heavy (non-hydrogen) atoms. The van der Waals surface area contributed by atoms with E-state index in [0.717, 1.165) is 30.4 Å². The van der Waals surface area contributed by atoms with Crippen molar-refractivity contribution in [3.05, 3.63) is 34.9 Å². The molecule has 7 nitrogen and oxygen atoms in total. The summed E-state index contributed by atoms with van der Waals surface area (Å²) in [6.45, 7) is 8.25. The molecular formula is C25H32N4O3. The van der Waals surface area contributed by atoms with Crippen LogP contribution in [0.5, 0.6) is 0 Å². The standard InChI is InChI=1S/C25H32N4O3/c1-15-8-24(9-16(2)20(15)31-4)10-18-6-5-17(11-26)7-19(18)25(24)21(30)29(22(27)28-25)12-23(3)13-32-14-23/h5-7,15-16,20H,8-10,12-14H2,1-4H3,(H2,27,28)/t15-,16+,20?,24?,25-/m1/s1. The van der Waals surface area contributed by atoms with E-state index < -0.39 is 5.54 Å². The number of nitrogens with zero attached hydrogens (tertiary/aromatic N) is 3. The zero-order chi connectivity index (χ0) is 22.9. The Morgan fingerprint density at radius 2 is 2.00 bits per heavy atom. The van der Waals surface area contributed by atoms with Crippen LogP contribution in [0.25, 0.3) is 0 Å².